The molecule has 0 aliphatic heterocycles. The minimum absolute atomic E-state index is 0.0416. The van der Waals surface area contributed by atoms with Crippen LogP contribution in [-0.4, -0.2) is 42.5 Å². The van der Waals surface area contributed by atoms with Crippen molar-refractivity contribution in [3.05, 3.63) is 23.8 Å². The summed E-state index contributed by atoms with van der Waals surface area (Å²) >= 11 is 0. The van der Waals surface area contributed by atoms with Crippen LogP contribution in [0.4, 0.5) is 5.69 Å². The molecule has 5 N–H and O–H groups in total. The van der Waals surface area contributed by atoms with E-state index in [1.54, 1.807) is 13.2 Å². The highest BCUT2D eigenvalue weighted by Crippen LogP contribution is 2.24. The van der Waals surface area contributed by atoms with Gasteiger partial charge in [0.15, 0.2) is 0 Å². The average Bonchev–Trinajstić information content (AvgIpc) is 2.35. The van der Waals surface area contributed by atoms with Gasteiger partial charge in [-0.25, -0.2) is 0 Å². The van der Waals surface area contributed by atoms with Crippen LogP contribution in [0.15, 0.2) is 18.2 Å². The fourth-order valence-corrected chi connectivity index (χ4v) is 1.83. The largest absolute Gasteiger partial charge is 0.496 e. The minimum atomic E-state index is -0.916. The second-order valence-electron chi connectivity index (χ2n) is 4.24. The molecule has 0 heterocycles. The summed E-state index contributed by atoms with van der Waals surface area (Å²) in [6.45, 7) is 0.493. The van der Waals surface area contributed by atoms with Crippen LogP contribution in [0.3, 0.4) is 0 Å². The first-order valence-electron chi connectivity index (χ1n) is 6.05. The summed E-state index contributed by atoms with van der Waals surface area (Å²) in [6, 6.07) is 5.03. The summed E-state index contributed by atoms with van der Waals surface area (Å²) < 4.78 is 5.23. The van der Waals surface area contributed by atoms with E-state index in [0.717, 1.165) is 11.3 Å². The van der Waals surface area contributed by atoms with Crippen LogP contribution < -0.4 is 15.8 Å². The molecule has 1 aromatic rings. The predicted molar refractivity (Wildman–Crippen MR) is 72.5 cm³/mol. The van der Waals surface area contributed by atoms with Crippen molar-refractivity contribution in [1.29, 1.82) is 0 Å². The van der Waals surface area contributed by atoms with Gasteiger partial charge in [-0.05, 0) is 30.2 Å². The number of nitrogens with one attached hydrogen (secondary N) is 1. The fourth-order valence-electron chi connectivity index (χ4n) is 1.83. The normalized spacial score (nSPS) is 11.9. The molecule has 0 saturated heterocycles. The molecule has 19 heavy (non-hydrogen) atoms. The molecule has 6 nitrogen and oxygen atoms in total. The molecule has 0 amide bonds. The molecule has 1 rings (SSSR count). The molecule has 106 valence electrons. The van der Waals surface area contributed by atoms with E-state index in [9.17, 15) is 4.79 Å². The highest BCUT2D eigenvalue weighted by atomic mass is 16.5. The molecule has 0 radical (unpaired) electrons. The van der Waals surface area contributed by atoms with Gasteiger partial charge in [-0.3, -0.25) is 4.79 Å². The Kier molecular flexibility index (Phi) is 6.11. The number of nitrogens with two attached hydrogens (primary N) is 1. The van der Waals surface area contributed by atoms with Crippen LogP contribution in [0.25, 0.3) is 0 Å². The van der Waals surface area contributed by atoms with Crippen molar-refractivity contribution < 1.29 is 19.7 Å². The molecule has 1 atom stereocenters. The maximum Gasteiger partial charge on any atom is 0.304 e. The number of hydrogen-bond acceptors (Lipinski definition) is 5. The Bertz CT molecular complexity index is 423. The SMILES string of the molecule is COc1ccc(NCCO)cc1CC(N)CC(=O)O. The van der Waals surface area contributed by atoms with E-state index in [-0.39, 0.29) is 13.0 Å². The Morgan fingerprint density at radius 2 is 2.26 bits per heavy atom. The van der Waals surface area contributed by atoms with Gasteiger partial charge in [0.05, 0.1) is 20.1 Å². The summed E-state index contributed by atoms with van der Waals surface area (Å²) in [4.78, 5) is 10.6. The number of carboxylic acid groups (broad SMARTS) is 1. The van der Waals surface area contributed by atoms with Gasteiger partial charge < -0.3 is 26.0 Å². The van der Waals surface area contributed by atoms with E-state index in [4.69, 9.17) is 20.7 Å². The van der Waals surface area contributed by atoms with Crippen molar-refractivity contribution in [2.75, 3.05) is 25.6 Å². The van der Waals surface area contributed by atoms with Crippen molar-refractivity contribution in [1.82, 2.24) is 0 Å². The third-order valence-electron chi connectivity index (χ3n) is 2.64. The van der Waals surface area contributed by atoms with Gasteiger partial charge >= 0.3 is 5.97 Å². The monoisotopic (exact) mass is 268 g/mol. The molecule has 0 fully saturated rings. The van der Waals surface area contributed by atoms with Crippen LogP contribution >= 0.6 is 0 Å². The summed E-state index contributed by atoms with van der Waals surface area (Å²) in [5.41, 5.74) is 7.47. The van der Waals surface area contributed by atoms with Crippen LogP contribution in [0.2, 0.25) is 0 Å². The van der Waals surface area contributed by atoms with E-state index >= 15 is 0 Å². The maximum atomic E-state index is 10.6. The molecule has 0 bridgehead atoms. The third-order valence-corrected chi connectivity index (χ3v) is 2.64. The quantitative estimate of drug-likeness (QED) is 0.545. The molecule has 0 saturated carbocycles. The summed E-state index contributed by atoms with van der Waals surface area (Å²) in [6.07, 6.45) is 0.335. The van der Waals surface area contributed by atoms with Gasteiger partial charge in [-0.2, -0.15) is 0 Å². The first-order chi connectivity index (χ1) is 9.06. The zero-order valence-corrected chi connectivity index (χ0v) is 10.9. The van der Waals surface area contributed by atoms with E-state index in [1.165, 1.54) is 0 Å². The number of ether oxygens (including phenoxy) is 1. The van der Waals surface area contributed by atoms with Gasteiger partial charge in [0, 0.05) is 18.3 Å². The Hall–Kier alpha value is -1.79. The van der Waals surface area contributed by atoms with Crippen LogP contribution in [0.1, 0.15) is 12.0 Å². The lowest BCUT2D eigenvalue weighted by molar-refractivity contribution is -0.137. The number of carbonyl (C=O) groups is 1. The number of benzene rings is 1. The van der Waals surface area contributed by atoms with E-state index < -0.39 is 12.0 Å². The second-order valence-corrected chi connectivity index (χ2v) is 4.24. The van der Waals surface area contributed by atoms with Crippen molar-refractivity contribution in [3.8, 4) is 5.75 Å². The molecule has 1 aromatic carbocycles. The highest BCUT2D eigenvalue weighted by molar-refractivity contribution is 5.67. The Morgan fingerprint density at radius 3 is 2.84 bits per heavy atom. The number of aliphatic carboxylic acids is 1. The smallest absolute Gasteiger partial charge is 0.304 e. The number of anilines is 1. The summed E-state index contributed by atoms with van der Waals surface area (Å²) in [5.74, 6) is -0.239. The molecule has 0 aromatic heterocycles. The van der Waals surface area contributed by atoms with Gasteiger partial charge in [-0.15, -0.1) is 0 Å². The van der Waals surface area contributed by atoms with Crippen LogP contribution in [0.5, 0.6) is 5.75 Å². The zero-order chi connectivity index (χ0) is 14.3. The molecule has 1 unspecified atom stereocenters. The lowest BCUT2D eigenvalue weighted by atomic mass is 10.0. The molecule has 0 aliphatic carbocycles. The van der Waals surface area contributed by atoms with E-state index in [2.05, 4.69) is 5.32 Å². The van der Waals surface area contributed by atoms with Crippen molar-refractivity contribution >= 4 is 11.7 Å². The molecular weight excluding hydrogens is 248 g/mol. The number of aliphatic hydroxyl groups excluding tert-OH is 1. The summed E-state index contributed by atoms with van der Waals surface area (Å²) in [5, 5.41) is 20.5. The first-order valence-corrected chi connectivity index (χ1v) is 6.05. The number of carboxylic acids is 1. The topological polar surface area (TPSA) is 105 Å². The number of rotatable bonds is 8. The molecule has 0 spiro atoms. The minimum Gasteiger partial charge on any atom is -0.496 e. The number of aliphatic hydroxyl groups is 1. The van der Waals surface area contributed by atoms with Gasteiger partial charge in [0.2, 0.25) is 0 Å². The van der Waals surface area contributed by atoms with Crippen LogP contribution in [-0.2, 0) is 11.2 Å². The lowest BCUT2D eigenvalue weighted by Gasteiger charge is -2.14. The second kappa shape index (κ2) is 7.60. The molecular formula is C13H20N2O4. The molecule has 0 aliphatic rings. The van der Waals surface area contributed by atoms with Crippen LogP contribution in [0, 0.1) is 0 Å². The number of methoxy groups -OCH3 is 1. The fraction of sp³-hybridized carbons (Fsp3) is 0.462. The zero-order valence-electron chi connectivity index (χ0n) is 10.9. The Morgan fingerprint density at radius 1 is 1.53 bits per heavy atom. The highest BCUT2D eigenvalue weighted by Gasteiger charge is 2.12. The third kappa shape index (κ3) is 5.15. The van der Waals surface area contributed by atoms with Gasteiger partial charge in [0.1, 0.15) is 5.75 Å². The van der Waals surface area contributed by atoms with E-state index in [0.29, 0.717) is 18.7 Å². The summed E-state index contributed by atoms with van der Waals surface area (Å²) in [7, 11) is 1.56. The first kappa shape index (κ1) is 15.3. The standard InChI is InChI=1S/C13H20N2O4/c1-19-12-3-2-11(15-4-5-16)7-9(12)6-10(14)8-13(17)18/h2-3,7,10,15-16H,4-6,8,14H2,1H3,(H,17,18). The van der Waals surface area contributed by atoms with Gasteiger partial charge in [0.25, 0.3) is 0 Å². The van der Waals surface area contributed by atoms with Crippen molar-refractivity contribution in [2.24, 2.45) is 5.73 Å². The number of hydrogen-bond donors (Lipinski definition) is 4. The Labute approximate surface area is 112 Å². The lowest BCUT2D eigenvalue weighted by Crippen LogP contribution is -2.26. The van der Waals surface area contributed by atoms with Gasteiger partial charge in [-0.1, -0.05) is 0 Å². The van der Waals surface area contributed by atoms with E-state index in [1.807, 2.05) is 12.1 Å². The predicted octanol–water partition coefficient (Wildman–Crippen LogP) is 0.444. The molecule has 6 heteroatoms. The van der Waals surface area contributed by atoms with Crippen molar-refractivity contribution in [2.45, 2.75) is 18.9 Å². The van der Waals surface area contributed by atoms with Crippen molar-refractivity contribution in [3.63, 3.8) is 0 Å². The maximum absolute atomic E-state index is 10.6. The Balaban J connectivity index is 2.80. The average molecular weight is 268 g/mol.